The van der Waals surface area contributed by atoms with Gasteiger partial charge < -0.3 is 21.3 Å². The van der Waals surface area contributed by atoms with Gasteiger partial charge in [-0.05, 0) is 0 Å². The number of nitrogens with one attached hydrogen (secondary N) is 1. The highest BCUT2D eigenvalue weighted by Crippen LogP contribution is 1.75. The lowest BCUT2D eigenvalue weighted by Gasteiger charge is -2.09. The third-order valence-electron chi connectivity index (χ3n) is 0.833. The fraction of sp³-hybridized carbons (Fsp3) is 0.750. The van der Waals surface area contributed by atoms with Crippen molar-refractivity contribution in [3.05, 3.63) is 0 Å². The summed E-state index contributed by atoms with van der Waals surface area (Å²) in [4.78, 5) is 9.85. The summed E-state index contributed by atoms with van der Waals surface area (Å²) in [6, 6.07) is -0.539. The van der Waals surface area contributed by atoms with Gasteiger partial charge in [0.1, 0.15) is 0 Å². The molecule has 0 aliphatic heterocycles. The van der Waals surface area contributed by atoms with Crippen molar-refractivity contribution in [3.8, 4) is 0 Å². The largest absolute Gasteiger partial charge is 0.465 e. The minimum Gasteiger partial charge on any atom is -0.465 e. The summed E-state index contributed by atoms with van der Waals surface area (Å²) < 4.78 is 0. The predicted octanol–water partition coefficient (Wildman–Crippen LogP) is -1.43. The lowest BCUT2D eigenvalue weighted by molar-refractivity contribution is 0.178. The van der Waals surface area contributed by atoms with Crippen molar-refractivity contribution >= 4 is 6.09 Å². The van der Waals surface area contributed by atoms with Gasteiger partial charge in [-0.15, -0.1) is 0 Å². The van der Waals surface area contributed by atoms with Crippen LogP contribution < -0.4 is 11.1 Å². The summed E-state index contributed by atoms with van der Waals surface area (Å²) in [6.07, 6.45) is -1.17. The summed E-state index contributed by atoms with van der Waals surface area (Å²) in [6.45, 7) is -0.147. The zero-order valence-corrected chi connectivity index (χ0v) is 4.87. The van der Waals surface area contributed by atoms with Crippen molar-refractivity contribution in [1.29, 1.82) is 0 Å². The maximum atomic E-state index is 9.85. The van der Waals surface area contributed by atoms with Crippen molar-refractivity contribution in [2.75, 3.05) is 13.2 Å². The topological polar surface area (TPSA) is 95.6 Å². The Morgan fingerprint density at radius 1 is 1.78 bits per heavy atom. The molecule has 0 aromatic rings. The van der Waals surface area contributed by atoms with E-state index >= 15 is 0 Å². The zero-order chi connectivity index (χ0) is 7.28. The van der Waals surface area contributed by atoms with Gasteiger partial charge in [-0.25, -0.2) is 4.79 Å². The normalized spacial score (nSPS) is 12.7. The first-order chi connectivity index (χ1) is 4.20. The van der Waals surface area contributed by atoms with Crippen LogP contribution in [0.15, 0.2) is 0 Å². The van der Waals surface area contributed by atoms with Crippen molar-refractivity contribution in [1.82, 2.24) is 5.32 Å². The smallest absolute Gasteiger partial charge is 0.405 e. The number of hydrogen-bond acceptors (Lipinski definition) is 3. The molecule has 0 saturated heterocycles. The average Bonchev–Trinajstić information content (AvgIpc) is 1.82. The van der Waals surface area contributed by atoms with Gasteiger partial charge in [0.05, 0.1) is 12.6 Å². The lowest BCUT2D eigenvalue weighted by atomic mass is 10.3. The molecule has 0 aromatic heterocycles. The average molecular weight is 134 g/mol. The first kappa shape index (κ1) is 8.19. The molecule has 9 heavy (non-hydrogen) atoms. The molecule has 0 unspecified atom stereocenters. The Hall–Kier alpha value is -0.810. The molecule has 5 heteroatoms. The van der Waals surface area contributed by atoms with Crippen LogP contribution in [-0.2, 0) is 0 Å². The highest BCUT2D eigenvalue weighted by atomic mass is 16.4. The molecular formula is C4H10N2O3. The van der Waals surface area contributed by atoms with Crippen molar-refractivity contribution < 1.29 is 15.0 Å². The Balaban J connectivity index is 3.43. The van der Waals surface area contributed by atoms with Crippen molar-refractivity contribution in [3.63, 3.8) is 0 Å². The second kappa shape index (κ2) is 4.11. The van der Waals surface area contributed by atoms with Gasteiger partial charge >= 0.3 is 6.09 Å². The van der Waals surface area contributed by atoms with Crippen LogP contribution in [0.2, 0.25) is 0 Å². The van der Waals surface area contributed by atoms with E-state index in [1.807, 2.05) is 5.32 Å². The Morgan fingerprint density at radius 2 is 2.33 bits per heavy atom. The number of nitrogens with two attached hydrogens (primary N) is 1. The number of aliphatic hydroxyl groups is 1. The Labute approximate surface area is 52.5 Å². The molecule has 0 rings (SSSR count). The summed E-state index contributed by atoms with van der Waals surface area (Å²) in [7, 11) is 0. The molecule has 0 heterocycles. The third kappa shape index (κ3) is 3.75. The molecule has 1 amide bonds. The number of hydrogen-bond donors (Lipinski definition) is 4. The lowest BCUT2D eigenvalue weighted by Crippen LogP contribution is -2.41. The van der Waals surface area contributed by atoms with Crippen LogP contribution in [0.3, 0.4) is 0 Å². The SMILES string of the molecule is NC[C@H](CO)NC(=O)O. The van der Waals surface area contributed by atoms with E-state index in [2.05, 4.69) is 0 Å². The Kier molecular flexibility index (Phi) is 3.74. The fourth-order valence-electron chi connectivity index (χ4n) is 0.354. The second-order valence-corrected chi connectivity index (χ2v) is 1.56. The molecule has 5 nitrogen and oxygen atoms in total. The predicted molar refractivity (Wildman–Crippen MR) is 31.1 cm³/mol. The zero-order valence-electron chi connectivity index (χ0n) is 4.87. The van der Waals surface area contributed by atoms with Gasteiger partial charge in [-0.2, -0.15) is 0 Å². The van der Waals surface area contributed by atoms with E-state index in [1.165, 1.54) is 0 Å². The van der Waals surface area contributed by atoms with E-state index in [4.69, 9.17) is 15.9 Å². The second-order valence-electron chi connectivity index (χ2n) is 1.56. The van der Waals surface area contributed by atoms with E-state index < -0.39 is 12.1 Å². The quantitative estimate of drug-likeness (QED) is 0.380. The number of carbonyl (C=O) groups is 1. The summed E-state index contributed by atoms with van der Waals surface area (Å²) in [5, 5.41) is 18.5. The standard InChI is InChI=1S/C4H10N2O3/c5-1-3(2-7)6-4(8)9/h3,6-7H,1-2,5H2,(H,8,9)/t3-/m1/s1. The number of aliphatic hydroxyl groups excluding tert-OH is 1. The summed E-state index contributed by atoms with van der Waals surface area (Å²) in [5.74, 6) is 0. The van der Waals surface area contributed by atoms with Gasteiger partial charge in [0.15, 0.2) is 0 Å². The molecule has 0 spiro atoms. The van der Waals surface area contributed by atoms with E-state index in [0.29, 0.717) is 0 Å². The third-order valence-corrected chi connectivity index (χ3v) is 0.833. The monoisotopic (exact) mass is 134 g/mol. The van der Waals surface area contributed by atoms with Crippen LogP contribution >= 0.6 is 0 Å². The van der Waals surface area contributed by atoms with Gasteiger partial charge in [0.25, 0.3) is 0 Å². The molecule has 54 valence electrons. The Bertz CT molecular complexity index is 91.8. The molecule has 0 fully saturated rings. The van der Waals surface area contributed by atoms with Gasteiger partial charge in [-0.1, -0.05) is 0 Å². The first-order valence-corrected chi connectivity index (χ1v) is 2.51. The Morgan fingerprint density at radius 3 is 2.44 bits per heavy atom. The highest BCUT2D eigenvalue weighted by Gasteiger charge is 2.05. The van der Waals surface area contributed by atoms with Gasteiger partial charge in [-0.3, -0.25) is 0 Å². The van der Waals surface area contributed by atoms with Crippen LogP contribution in [0.4, 0.5) is 4.79 Å². The minimum absolute atomic E-state index is 0.114. The summed E-state index contributed by atoms with van der Waals surface area (Å²) >= 11 is 0. The number of rotatable bonds is 3. The maximum absolute atomic E-state index is 9.85. The summed E-state index contributed by atoms with van der Waals surface area (Å²) in [5.41, 5.74) is 5.05. The number of carboxylic acid groups (broad SMARTS) is 1. The van der Waals surface area contributed by atoms with E-state index in [9.17, 15) is 4.79 Å². The molecule has 5 N–H and O–H groups in total. The van der Waals surface area contributed by atoms with E-state index in [1.54, 1.807) is 0 Å². The maximum Gasteiger partial charge on any atom is 0.405 e. The van der Waals surface area contributed by atoms with E-state index in [0.717, 1.165) is 0 Å². The molecule has 0 aromatic carbocycles. The molecule has 0 radical (unpaired) electrons. The molecule has 0 aliphatic rings. The van der Waals surface area contributed by atoms with Crippen molar-refractivity contribution in [2.24, 2.45) is 5.73 Å². The molecule has 0 aliphatic carbocycles. The number of amides is 1. The van der Waals surface area contributed by atoms with Gasteiger partial charge in [0.2, 0.25) is 0 Å². The molecule has 0 bridgehead atoms. The molecular weight excluding hydrogens is 124 g/mol. The van der Waals surface area contributed by atoms with Crippen LogP contribution in [0.1, 0.15) is 0 Å². The van der Waals surface area contributed by atoms with Crippen LogP contribution in [0.25, 0.3) is 0 Å². The highest BCUT2D eigenvalue weighted by molar-refractivity contribution is 5.64. The van der Waals surface area contributed by atoms with Crippen LogP contribution in [0.5, 0.6) is 0 Å². The van der Waals surface area contributed by atoms with Crippen molar-refractivity contribution in [2.45, 2.75) is 6.04 Å². The molecule has 1 atom stereocenters. The molecule has 0 saturated carbocycles. The fourth-order valence-corrected chi connectivity index (χ4v) is 0.354. The van der Waals surface area contributed by atoms with Crippen LogP contribution in [-0.4, -0.2) is 35.5 Å². The van der Waals surface area contributed by atoms with Crippen LogP contribution in [0, 0.1) is 0 Å². The van der Waals surface area contributed by atoms with E-state index in [-0.39, 0.29) is 13.2 Å². The minimum atomic E-state index is -1.17. The first-order valence-electron chi connectivity index (χ1n) is 2.51. The van der Waals surface area contributed by atoms with Gasteiger partial charge in [0, 0.05) is 6.54 Å².